The molecule has 8 nitrogen and oxygen atoms in total. The highest BCUT2D eigenvalue weighted by Gasteiger charge is 2.24. The van der Waals surface area contributed by atoms with E-state index in [4.69, 9.17) is 21.6 Å². The van der Waals surface area contributed by atoms with Gasteiger partial charge in [0.15, 0.2) is 6.61 Å². The second-order valence-corrected chi connectivity index (χ2v) is 6.73. The minimum Gasteiger partial charge on any atom is -0.452 e. The molecule has 0 N–H and O–H groups in total. The van der Waals surface area contributed by atoms with Crippen LogP contribution in [0.5, 0.6) is 0 Å². The lowest BCUT2D eigenvalue weighted by molar-refractivity contribution is -0.385. The number of esters is 1. The Morgan fingerprint density at radius 2 is 1.86 bits per heavy atom. The second-order valence-electron chi connectivity index (χ2n) is 6.29. The van der Waals surface area contributed by atoms with Crippen molar-refractivity contribution in [1.29, 1.82) is 5.26 Å². The lowest BCUT2D eigenvalue weighted by Gasteiger charge is -2.22. The van der Waals surface area contributed by atoms with Crippen LogP contribution < -0.4 is 4.90 Å². The first-order valence-corrected chi connectivity index (χ1v) is 8.97. The maximum atomic E-state index is 12.7. The van der Waals surface area contributed by atoms with Crippen LogP contribution in [0.15, 0.2) is 36.4 Å². The molecule has 0 aliphatic heterocycles. The molecular weight excluding hydrogens is 398 g/mol. The summed E-state index contributed by atoms with van der Waals surface area (Å²) >= 11 is 5.81. The molecule has 0 saturated carbocycles. The standard InChI is InChI=1S/C20H18ClN3O5/c1-13-8-14(2)10-16(9-13)23(7-3-6-22)19(25)12-29-20(26)17-11-15(21)4-5-18(17)24(27)28/h4-5,8-11H,3,7,12H2,1-2H3. The highest BCUT2D eigenvalue weighted by Crippen LogP contribution is 2.24. The molecule has 0 heterocycles. The summed E-state index contributed by atoms with van der Waals surface area (Å²) in [7, 11) is 0. The molecule has 0 bridgehead atoms. The molecule has 1 amide bonds. The number of ether oxygens (including phenoxy) is 1. The van der Waals surface area contributed by atoms with E-state index in [1.807, 2.05) is 26.0 Å². The monoisotopic (exact) mass is 415 g/mol. The molecule has 2 rings (SSSR count). The molecule has 0 radical (unpaired) electrons. The summed E-state index contributed by atoms with van der Waals surface area (Å²) in [5.74, 6) is -1.59. The number of nitrogens with zero attached hydrogens (tertiary/aromatic N) is 3. The maximum absolute atomic E-state index is 12.7. The van der Waals surface area contributed by atoms with Crippen molar-refractivity contribution in [3.8, 4) is 6.07 Å². The number of nitro groups is 1. The minimum atomic E-state index is -1.03. The number of amides is 1. The van der Waals surface area contributed by atoms with Gasteiger partial charge >= 0.3 is 5.97 Å². The van der Waals surface area contributed by atoms with E-state index in [9.17, 15) is 19.7 Å². The third-order valence-electron chi connectivity index (χ3n) is 3.97. The molecule has 0 aromatic heterocycles. The quantitative estimate of drug-likeness (QED) is 0.384. The Labute approximate surface area is 172 Å². The zero-order valence-electron chi connectivity index (χ0n) is 15.8. The summed E-state index contributed by atoms with van der Waals surface area (Å²) in [6.07, 6.45) is 0.0897. The topological polar surface area (TPSA) is 114 Å². The van der Waals surface area contributed by atoms with E-state index < -0.39 is 29.1 Å². The van der Waals surface area contributed by atoms with Crippen molar-refractivity contribution in [1.82, 2.24) is 0 Å². The summed E-state index contributed by atoms with van der Waals surface area (Å²) in [6.45, 7) is 3.23. The molecule has 0 atom stereocenters. The van der Waals surface area contributed by atoms with Crippen LogP contribution in [0.2, 0.25) is 5.02 Å². The second kappa shape index (κ2) is 9.66. The molecule has 0 aliphatic rings. The Morgan fingerprint density at radius 3 is 2.45 bits per heavy atom. The molecule has 29 heavy (non-hydrogen) atoms. The van der Waals surface area contributed by atoms with Crippen molar-refractivity contribution in [2.24, 2.45) is 0 Å². The molecule has 0 fully saturated rings. The number of aryl methyl sites for hydroxylation is 2. The number of nitro benzene ring substituents is 1. The Bertz CT molecular complexity index is 980. The number of benzene rings is 2. The van der Waals surface area contributed by atoms with Crippen LogP contribution in [0.1, 0.15) is 27.9 Å². The van der Waals surface area contributed by atoms with Gasteiger partial charge in [-0.2, -0.15) is 5.26 Å². The predicted octanol–water partition coefficient (Wildman–Crippen LogP) is 3.97. The maximum Gasteiger partial charge on any atom is 0.345 e. The van der Waals surface area contributed by atoms with Crippen LogP contribution in [0.25, 0.3) is 0 Å². The van der Waals surface area contributed by atoms with Crippen molar-refractivity contribution < 1.29 is 19.2 Å². The van der Waals surface area contributed by atoms with Crippen LogP contribution in [-0.4, -0.2) is 30.0 Å². The SMILES string of the molecule is Cc1cc(C)cc(N(CCC#N)C(=O)COC(=O)c2cc(Cl)ccc2[N+](=O)[O-])c1. The van der Waals surface area contributed by atoms with Crippen LogP contribution in [-0.2, 0) is 9.53 Å². The van der Waals surface area contributed by atoms with Gasteiger partial charge in [0.25, 0.3) is 11.6 Å². The molecular formula is C20H18ClN3O5. The van der Waals surface area contributed by atoms with E-state index in [1.54, 1.807) is 12.1 Å². The van der Waals surface area contributed by atoms with Gasteiger partial charge in [-0.25, -0.2) is 4.79 Å². The van der Waals surface area contributed by atoms with Gasteiger partial charge in [-0.15, -0.1) is 0 Å². The molecule has 0 spiro atoms. The summed E-state index contributed by atoms with van der Waals surface area (Å²) in [5.41, 5.74) is 1.63. The lowest BCUT2D eigenvalue weighted by Crippen LogP contribution is -2.35. The fourth-order valence-corrected chi connectivity index (χ4v) is 2.95. The van der Waals surface area contributed by atoms with Gasteiger partial charge in [0.2, 0.25) is 0 Å². The first-order valence-electron chi connectivity index (χ1n) is 8.59. The average molecular weight is 416 g/mol. The summed E-state index contributed by atoms with van der Waals surface area (Å²) in [6, 6.07) is 11.0. The normalized spacial score (nSPS) is 10.1. The minimum absolute atomic E-state index is 0.0897. The summed E-state index contributed by atoms with van der Waals surface area (Å²) in [4.78, 5) is 36.7. The predicted molar refractivity (Wildman–Crippen MR) is 107 cm³/mol. The summed E-state index contributed by atoms with van der Waals surface area (Å²) in [5, 5.41) is 20.1. The molecule has 150 valence electrons. The number of carbonyl (C=O) groups excluding carboxylic acids is 2. The molecule has 0 unspecified atom stereocenters. The van der Waals surface area contributed by atoms with Gasteiger partial charge in [-0.05, 0) is 49.2 Å². The van der Waals surface area contributed by atoms with Crippen molar-refractivity contribution in [3.63, 3.8) is 0 Å². The van der Waals surface area contributed by atoms with Crippen molar-refractivity contribution in [2.75, 3.05) is 18.1 Å². The van der Waals surface area contributed by atoms with Gasteiger partial charge in [-0.1, -0.05) is 17.7 Å². The molecule has 9 heteroatoms. The number of hydrogen-bond donors (Lipinski definition) is 0. The summed E-state index contributed by atoms with van der Waals surface area (Å²) < 4.78 is 5.00. The molecule has 2 aromatic carbocycles. The highest BCUT2D eigenvalue weighted by atomic mass is 35.5. The van der Waals surface area contributed by atoms with E-state index >= 15 is 0 Å². The van der Waals surface area contributed by atoms with Gasteiger partial charge < -0.3 is 9.64 Å². The Kier molecular flexibility index (Phi) is 7.28. The van der Waals surface area contributed by atoms with Gasteiger partial charge in [-0.3, -0.25) is 14.9 Å². The number of hydrogen-bond acceptors (Lipinski definition) is 6. The highest BCUT2D eigenvalue weighted by molar-refractivity contribution is 6.31. The Balaban J connectivity index is 2.20. The lowest BCUT2D eigenvalue weighted by atomic mass is 10.1. The van der Waals surface area contributed by atoms with Crippen molar-refractivity contribution in [3.05, 3.63) is 68.2 Å². The largest absolute Gasteiger partial charge is 0.452 e. The van der Waals surface area contributed by atoms with E-state index in [0.717, 1.165) is 23.3 Å². The van der Waals surface area contributed by atoms with E-state index in [-0.39, 0.29) is 23.6 Å². The number of rotatable bonds is 7. The number of carbonyl (C=O) groups is 2. The Morgan fingerprint density at radius 1 is 1.21 bits per heavy atom. The van der Waals surface area contributed by atoms with Crippen LogP contribution in [0.3, 0.4) is 0 Å². The van der Waals surface area contributed by atoms with E-state index in [0.29, 0.717) is 5.69 Å². The molecule has 0 aliphatic carbocycles. The molecule has 2 aromatic rings. The first-order chi connectivity index (χ1) is 13.7. The third kappa shape index (κ3) is 5.77. The third-order valence-corrected chi connectivity index (χ3v) is 4.20. The van der Waals surface area contributed by atoms with Crippen molar-refractivity contribution in [2.45, 2.75) is 20.3 Å². The van der Waals surface area contributed by atoms with E-state index in [1.165, 1.54) is 11.0 Å². The smallest absolute Gasteiger partial charge is 0.345 e. The van der Waals surface area contributed by atoms with Gasteiger partial charge in [0, 0.05) is 23.3 Å². The number of nitriles is 1. The average Bonchev–Trinajstić information content (AvgIpc) is 2.65. The molecule has 0 saturated heterocycles. The van der Waals surface area contributed by atoms with Gasteiger partial charge in [0.1, 0.15) is 5.56 Å². The zero-order valence-corrected chi connectivity index (χ0v) is 16.6. The van der Waals surface area contributed by atoms with Crippen LogP contribution in [0.4, 0.5) is 11.4 Å². The number of halogens is 1. The fourth-order valence-electron chi connectivity index (χ4n) is 2.78. The van der Waals surface area contributed by atoms with Crippen molar-refractivity contribution >= 4 is 34.9 Å². The fraction of sp³-hybridized carbons (Fsp3) is 0.250. The number of anilines is 1. The van der Waals surface area contributed by atoms with Crippen LogP contribution >= 0.6 is 11.6 Å². The Hall–Kier alpha value is -3.44. The first kappa shape index (κ1) is 21.9. The van der Waals surface area contributed by atoms with Crippen LogP contribution in [0, 0.1) is 35.3 Å². The van der Waals surface area contributed by atoms with E-state index in [2.05, 4.69) is 0 Å². The zero-order chi connectivity index (χ0) is 21.6. The van der Waals surface area contributed by atoms with Gasteiger partial charge in [0.05, 0.1) is 17.4 Å².